The third-order valence-corrected chi connectivity index (χ3v) is 4.18. The summed E-state index contributed by atoms with van der Waals surface area (Å²) in [5, 5.41) is 0.776. The Balaban J connectivity index is 1.63. The Morgan fingerprint density at radius 1 is 1.37 bits per heavy atom. The molecule has 0 radical (unpaired) electrons. The second kappa shape index (κ2) is 5.09. The molecule has 0 saturated heterocycles. The van der Waals surface area contributed by atoms with Gasteiger partial charge in [-0.2, -0.15) is 0 Å². The van der Waals surface area contributed by atoms with Crippen LogP contribution in [0, 0.1) is 6.92 Å². The number of anilines is 1. The van der Waals surface area contributed by atoms with Crippen LogP contribution in [0.15, 0.2) is 35.6 Å². The average Bonchev–Trinajstić information content (AvgIpc) is 2.79. The molecule has 0 bridgehead atoms. The first kappa shape index (κ1) is 12.3. The van der Waals surface area contributed by atoms with Crippen molar-refractivity contribution in [2.24, 2.45) is 0 Å². The Bertz CT molecular complexity index is 603. The number of ether oxygens (including phenoxy) is 1. The molecule has 0 saturated carbocycles. The van der Waals surface area contributed by atoms with Gasteiger partial charge in [-0.25, -0.2) is 9.97 Å². The Labute approximate surface area is 116 Å². The van der Waals surface area contributed by atoms with Gasteiger partial charge in [-0.15, -0.1) is 0 Å². The van der Waals surface area contributed by atoms with Gasteiger partial charge in [0, 0.05) is 24.6 Å². The molecule has 0 fully saturated rings. The topological polar surface area (TPSA) is 61.0 Å². The van der Waals surface area contributed by atoms with Crippen LogP contribution in [-0.2, 0) is 6.42 Å². The molecule has 1 aromatic carbocycles. The third-order valence-electron chi connectivity index (χ3n) is 3.05. The summed E-state index contributed by atoms with van der Waals surface area (Å²) in [6, 6.07) is 6.32. The van der Waals surface area contributed by atoms with Gasteiger partial charge >= 0.3 is 0 Å². The predicted molar refractivity (Wildman–Crippen MR) is 76.5 cm³/mol. The number of nitrogens with zero attached hydrogens (tertiary/aromatic N) is 2. The van der Waals surface area contributed by atoms with Gasteiger partial charge in [0.05, 0.1) is 0 Å². The highest BCUT2D eigenvalue weighted by molar-refractivity contribution is 7.99. The second-order valence-electron chi connectivity index (χ2n) is 4.61. The fraction of sp³-hybridized carbons (Fsp3) is 0.286. The summed E-state index contributed by atoms with van der Waals surface area (Å²) in [6.45, 7) is 2.10. The van der Waals surface area contributed by atoms with E-state index in [1.165, 1.54) is 11.1 Å². The summed E-state index contributed by atoms with van der Waals surface area (Å²) in [7, 11) is 0. The largest absolute Gasteiger partial charge is 0.489 e. The van der Waals surface area contributed by atoms with E-state index in [0.717, 1.165) is 22.9 Å². The number of hydrogen-bond acceptors (Lipinski definition) is 5. The number of aryl methyl sites for hydroxylation is 1. The van der Waals surface area contributed by atoms with Crippen molar-refractivity contribution in [2.75, 3.05) is 11.5 Å². The van der Waals surface area contributed by atoms with Crippen molar-refractivity contribution in [2.45, 2.75) is 24.5 Å². The molecule has 3 rings (SSSR count). The van der Waals surface area contributed by atoms with Crippen LogP contribution < -0.4 is 10.5 Å². The Hall–Kier alpha value is -1.75. The zero-order chi connectivity index (χ0) is 13.2. The van der Waals surface area contributed by atoms with E-state index >= 15 is 0 Å². The molecule has 1 aliphatic rings. The number of nitrogen functional groups attached to an aromatic ring is 1. The minimum Gasteiger partial charge on any atom is -0.489 e. The highest BCUT2D eigenvalue weighted by Gasteiger charge is 2.23. The minimum atomic E-state index is 0.184. The molecule has 5 heteroatoms. The normalized spacial score (nSPS) is 17.0. The van der Waals surface area contributed by atoms with Gasteiger partial charge in [0.15, 0.2) is 5.82 Å². The van der Waals surface area contributed by atoms with Crippen LogP contribution in [0.25, 0.3) is 0 Å². The summed E-state index contributed by atoms with van der Waals surface area (Å²) in [5.74, 6) is 2.32. The fourth-order valence-corrected chi connectivity index (χ4v) is 3.03. The molecule has 0 spiro atoms. The van der Waals surface area contributed by atoms with Crippen LogP contribution in [0.2, 0.25) is 0 Å². The molecule has 0 amide bonds. The summed E-state index contributed by atoms with van der Waals surface area (Å²) >= 11 is 1.60. The molecule has 0 aliphatic carbocycles. The van der Waals surface area contributed by atoms with Crippen molar-refractivity contribution in [3.63, 3.8) is 0 Å². The van der Waals surface area contributed by atoms with Gasteiger partial charge in [0.1, 0.15) is 16.9 Å². The van der Waals surface area contributed by atoms with Crippen LogP contribution in [0.5, 0.6) is 5.75 Å². The molecule has 2 N–H and O–H groups in total. The van der Waals surface area contributed by atoms with Gasteiger partial charge in [-0.1, -0.05) is 29.5 Å². The van der Waals surface area contributed by atoms with Gasteiger partial charge in [0.25, 0.3) is 0 Å². The summed E-state index contributed by atoms with van der Waals surface area (Å²) in [4.78, 5) is 8.25. The van der Waals surface area contributed by atoms with E-state index in [1.807, 2.05) is 6.07 Å². The molecule has 2 aromatic rings. The molecule has 4 nitrogen and oxygen atoms in total. The second-order valence-corrected chi connectivity index (χ2v) is 5.62. The molecule has 1 aliphatic heterocycles. The molecule has 98 valence electrons. The van der Waals surface area contributed by atoms with Crippen LogP contribution in [0.3, 0.4) is 0 Å². The van der Waals surface area contributed by atoms with Gasteiger partial charge < -0.3 is 10.5 Å². The summed E-state index contributed by atoms with van der Waals surface area (Å²) < 4.78 is 5.91. The van der Waals surface area contributed by atoms with Gasteiger partial charge in [-0.3, -0.25) is 0 Å². The summed E-state index contributed by atoms with van der Waals surface area (Å²) in [5.41, 5.74) is 8.34. The first-order chi connectivity index (χ1) is 9.22. The minimum absolute atomic E-state index is 0.184. The quantitative estimate of drug-likeness (QED) is 0.870. The lowest BCUT2D eigenvalue weighted by atomic mass is 10.1. The van der Waals surface area contributed by atoms with Crippen LogP contribution >= 0.6 is 11.8 Å². The number of aromatic nitrogens is 2. The Morgan fingerprint density at radius 2 is 2.21 bits per heavy atom. The van der Waals surface area contributed by atoms with Crippen LogP contribution in [0.4, 0.5) is 5.82 Å². The maximum atomic E-state index is 5.91. The highest BCUT2D eigenvalue weighted by atomic mass is 32.2. The van der Waals surface area contributed by atoms with E-state index in [9.17, 15) is 0 Å². The van der Waals surface area contributed by atoms with Crippen molar-refractivity contribution < 1.29 is 4.74 Å². The molecular formula is C14H15N3OS. The molecule has 19 heavy (non-hydrogen) atoms. The monoisotopic (exact) mass is 273 g/mol. The SMILES string of the molecule is Cc1ccc2c(c1)CC(CSc1nccnc1N)O2. The average molecular weight is 273 g/mol. The number of hydrogen-bond donors (Lipinski definition) is 1. The zero-order valence-corrected chi connectivity index (χ0v) is 11.5. The lowest BCUT2D eigenvalue weighted by molar-refractivity contribution is 0.259. The summed E-state index contributed by atoms with van der Waals surface area (Å²) in [6.07, 6.45) is 4.39. The number of rotatable bonds is 3. The number of nitrogens with two attached hydrogens (primary N) is 1. The molecule has 2 heterocycles. The van der Waals surface area contributed by atoms with Crippen molar-refractivity contribution in [3.8, 4) is 5.75 Å². The van der Waals surface area contributed by atoms with Crippen molar-refractivity contribution in [1.29, 1.82) is 0 Å². The van der Waals surface area contributed by atoms with Gasteiger partial charge in [-0.05, 0) is 18.6 Å². The number of fused-ring (bicyclic) bond motifs is 1. The molecule has 1 aromatic heterocycles. The first-order valence-corrected chi connectivity index (χ1v) is 7.16. The van der Waals surface area contributed by atoms with E-state index in [4.69, 9.17) is 10.5 Å². The molecular weight excluding hydrogens is 258 g/mol. The first-order valence-electron chi connectivity index (χ1n) is 6.18. The highest BCUT2D eigenvalue weighted by Crippen LogP contribution is 2.32. The number of thioether (sulfide) groups is 1. The Morgan fingerprint density at radius 3 is 3.05 bits per heavy atom. The lowest BCUT2D eigenvalue weighted by Gasteiger charge is -2.10. The van der Waals surface area contributed by atoms with Crippen molar-refractivity contribution in [1.82, 2.24) is 9.97 Å². The smallest absolute Gasteiger partial charge is 0.156 e. The fourth-order valence-electron chi connectivity index (χ4n) is 2.16. The van der Waals surface area contributed by atoms with E-state index < -0.39 is 0 Å². The maximum Gasteiger partial charge on any atom is 0.156 e. The third kappa shape index (κ3) is 2.66. The lowest BCUT2D eigenvalue weighted by Crippen LogP contribution is -2.16. The maximum absolute atomic E-state index is 5.91. The van der Waals surface area contributed by atoms with Crippen LogP contribution in [-0.4, -0.2) is 21.8 Å². The van der Waals surface area contributed by atoms with Crippen LogP contribution in [0.1, 0.15) is 11.1 Å². The molecule has 1 atom stereocenters. The van der Waals surface area contributed by atoms with E-state index in [-0.39, 0.29) is 6.10 Å². The zero-order valence-electron chi connectivity index (χ0n) is 10.7. The van der Waals surface area contributed by atoms with E-state index in [2.05, 4.69) is 29.0 Å². The van der Waals surface area contributed by atoms with Gasteiger partial charge in [0.2, 0.25) is 0 Å². The standard InChI is InChI=1S/C14H15N3OS/c1-9-2-3-12-10(6-9)7-11(18-12)8-19-14-13(15)16-4-5-17-14/h2-6,11H,7-8H2,1H3,(H2,15,16). The number of benzene rings is 1. The molecule has 1 unspecified atom stereocenters. The predicted octanol–water partition coefficient (Wildman–Crippen LogP) is 2.46. The van der Waals surface area contributed by atoms with Crippen molar-refractivity contribution >= 4 is 17.6 Å². The Kier molecular flexibility index (Phi) is 3.29. The van der Waals surface area contributed by atoms with E-state index in [1.54, 1.807) is 24.2 Å². The van der Waals surface area contributed by atoms with E-state index in [0.29, 0.717) is 5.82 Å². The van der Waals surface area contributed by atoms with Crippen molar-refractivity contribution in [3.05, 3.63) is 41.7 Å².